The maximum Gasteiger partial charge on any atom is 0.314 e. The molecule has 0 amide bonds. The van der Waals surface area contributed by atoms with Crippen molar-refractivity contribution in [2.45, 2.75) is 6.92 Å². The summed E-state index contributed by atoms with van der Waals surface area (Å²) in [5.74, 6) is 0. The number of rotatable bonds is 1. The molecule has 0 atom stereocenters. The molecule has 0 aliphatic carbocycles. The fourth-order valence-electron chi connectivity index (χ4n) is 1.94. The summed E-state index contributed by atoms with van der Waals surface area (Å²) >= 11 is 0. The number of nitrogens with zero attached hydrogens (tertiary/aromatic N) is 2. The van der Waals surface area contributed by atoms with Crippen molar-refractivity contribution in [2.75, 3.05) is 0 Å². The Morgan fingerprint density at radius 2 is 1.74 bits per heavy atom. The first-order valence-electron chi connectivity index (χ1n) is 5.40. The largest absolute Gasteiger partial charge is 0.316 e. The first kappa shape index (κ1) is 13.1. The highest BCUT2D eigenvalue weighted by atomic mass is 35.5. The van der Waals surface area contributed by atoms with Gasteiger partial charge in [0.1, 0.15) is 0 Å². The third-order valence-electron chi connectivity index (χ3n) is 2.82. The highest BCUT2D eigenvalue weighted by Gasteiger charge is 2.05. The minimum Gasteiger partial charge on any atom is -0.316 e. The van der Waals surface area contributed by atoms with Gasteiger partial charge in [0.2, 0.25) is 0 Å². The van der Waals surface area contributed by atoms with Crippen molar-refractivity contribution in [3.63, 3.8) is 0 Å². The zero-order chi connectivity index (χ0) is 12.7. The molecule has 0 saturated heterocycles. The lowest BCUT2D eigenvalue weighted by atomic mass is 10.1. The van der Waals surface area contributed by atoms with Crippen LogP contribution in [-0.2, 0) is 0 Å². The van der Waals surface area contributed by atoms with E-state index in [2.05, 4.69) is 15.0 Å². The molecular weight excluding hydrogens is 268 g/mol. The van der Waals surface area contributed by atoms with Gasteiger partial charge in [0, 0.05) is 12.4 Å². The summed E-state index contributed by atoms with van der Waals surface area (Å²) in [6.07, 6.45) is 5.18. The van der Waals surface area contributed by atoms with Gasteiger partial charge in [-0.2, -0.15) is 0 Å². The van der Waals surface area contributed by atoms with E-state index < -0.39 is 11.1 Å². The summed E-state index contributed by atoms with van der Waals surface area (Å²) < 4.78 is 1.85. The second-order valence-corrected chi connectivity index (χ2v) is 4.06. The van der Waals surface area contributed by atoms with Gasteiger partial charge in [-0.25, -0.2) is 4.98 Å². The van der Waals surface area contributed by atoms with E-state index in [1.54, 1.807) is 12.5 Å². The second-order valence-electron chi connectivity index (χ2n) is 4.06. The van der Waals surface area contributed by atoms with Crippen molar-refractivity contribution in [3.8, 4) is 5.69 Å². The molecule has 6 nitrogen and oxygen atoms in total. The molecule has 7 heteroatoms. The zero-order valence-corrected chi connectivity index (χ0v) is 10.8. The predicted octanol–water partition coefficient (Wildman–Crippen LogP) is 1.13. The minimum absolute atomic E-state index is 0. The van der Waals surface area contributed by atoms with Crippen molar-refractivity contribution in [2.24, 2.45) is 0 Å². The summed E-state index contributed by atoms with van der Waals surface area (Å²) in [5.41, 5.74) is 1.79. The van der Waals surface area contributed by atoms with Crippen LogP contribution >= 0.6 is 12.4 Å². The number of benzene rings is 1. The molecule has 0 radical (unpaired) electrons. The summed E-state index contributed by atoms with van der Waals surface area (Å²) in [5, 5.41) is 0. The van der Waals surface area contributed by atoms with Crippen LogP contribution in [0.15, 0.2) is 40.4 Å². The molecule has 3 rings (SSSR count). The number of hydrogen-bond acceptors (Lipinski definition) is 3. The van der Waals surface area contributed by atoms with Crippen molar-refractivity contribution >= 4 is 23.4 Å². The Labute approximate surface area is 113 Å². The second kappa shape index (κ2) is 4.74. The maximum atomic E-state index is 11.3. The number of nitrogens with one attached hydrogen (secondary N) is 2. The minimum atomic E-state index is -0.650. The van der Waals surface area contributed by atoms with E-state index in [0.29, 0.717) is 11.0 Å². The molecule has 3 aromatic rings. The fourth-order valence-corrected chi connectivity index (χ4v) is 1.94. The highest BCUT2D eigenvalue weighted by molar-refractivity contribution is 5.85. The first-order valence-corrected chi connectivity index (χ1v) is 5.40. The fraction of sp³-hybridized carbons (Fsp3) is 0.0833. The van der Waals surface area contributed by atoms with E-state index in [1.165, 1.54) is 0 Å². The Hall–Kier alpha value is -2.34. The van der Waals surface area contributed by atoms with E-state index >= 15 is 0 Å². The van der Waals surface area contributed by atoms with Crippen molar-refractivity contribution < 1.29 is 0 Å². The number of fused-ring (bicyclic) bond motifs is 1. The number of halogens is 1. The Morgan fingerprint density at radius 1 is 1.11 bits per heavy atom. The lowest BCUT2D eigenvalue weighted by Crippen LogP contribution is -2.29. The number of aryl methyl sites for hydroxylation is 1. The molecule has 0 bridgehead atoms. The molecule has 19 heavy (non-hydrogen) atoms. The number of hydrogen-bond donors (Lipinski definition) is 2. The topological polar surface area (TPSA) is 83.5 Å². The first-order chi connectivity index (χ1) is 8.65. The van der Waals surface area contributed by atoms with Crippen LogP contribution in [0.3, 0.4) is 0 Å². The van der Waals surface area contributed by atoms with Gasteiger partial charge in [-0.15, -0.1) is 12.4 Å². The highest BCUT2D eigenvalue weighted by Crippen LogP contribution is 2.18. The molecule has 98 valence electrons. The van der Waals surface area contributed by atoms with Gasteiger partial charge in [0.25, 0.3) is 0 Å². The van der Waals surface area contributed by atoms with E-state index in [-0.39, 0.29) is 12.4 Å². The Kier molecular flexibility index (Phi) is 3.26. The Bertz CT molecular complexity index is 833. The number of H-pyrrole nitrogens is 2. The standard InChI is InChI=1S/C12H10N4O2.ClH/c1-7-4-8-9(15-12(18)11(17)14-8)5-10(7)16-3-2-13-6-16;/h2-6H,1H3,(H,14,17)(H,15,18);1H. The van der Waals surface area contributed by atoms with Gasteiger partial charge >= 0.3 is 11.1 Å². The van der Waals surface area contributed by atoms with Crippen LogP contribution in [0.5, 0.6) is 0 Å². The number of aromatic amines is 2. The summed E-state index contributed by atoms with van der Waals surface area (Å²) in [4.78, 5) is 31.6. The Balaban J connectivity index is 0.00000133. The summed E-state index contributed by atoms with van der Waals surface area (Å²) in [6.45, 7) is 1.93. The van der Waals surface area contributed by atoms with Gasteiger partial charge < -0.3 is 14.5 Å². The number of aromatic nitrogens is 4. The van der Waals surface area contributed by atoms with Gasteiger partial charge in [-0.3, -0.25) is 9.59 Å². The zero-order valence-electron chi connectivity index (χ0n) is 10.0. The van der Waals surface area contributed by atoms with Crippen LogP contribution in [0.2, 0.25) is 0 Å². The third-order valence-corrected chi connectivity index (χ3v) is 2.82. The van der Waals surface area contributed by atoms with Crippen molar-refractivity contribution in [1.82, 2.24) is 19.5 Å². The van der Waals surface area contributed by atoms with Crippen LogP contribution in [0.1, 0.15) is 5.56 Å². The lowest BCUT2D eigenvalue weighted by Gasteiger charge is -2.08. The normalized spacial score (nSPS) is 10.4. The molecule has 1 aromatic carbocycles. The maximum absolute atomic E-state index is 11.3. The molecule has 0 spiro atoms. The van der Waals surface area contributed by atoms with Gasteiger partial charge in [-0.1, -0.05) is 0 Å². The summed E-state index contributed by atoms with van der Waals surface area (Å²) in [7, 11) is 0. The van der Waals surface area contributed by atoms with Crippen LogP contribution in [0.4, 0.5) is 0 Å². The van der Waals surface area contributed by atoms with E-state index in [4.69, 9.17) is 0 Å². The van der Waals surface area contributed by atoms with Crippen LogP contribution in [0.25, 0.3) is 16.7 Å². The molecule has 2 aromatic heterocycles. The van der Waals surface area contributed by atoms with Crippen molar-refractivity contribution in [3.05, 3.63) is 57.1 Å². The third kappa shape index (κ3) is 2.17. The quantitative estimate of drug-likeness (QED) is 0.655. The Morgan fingerprint density at radius 3 is 2.32 bits per heavy atom. The van der Waals surface area contributed by atoms with E-state index in [0.717, 1.165) is 11.3 Å². The molecular formula is C12H11ClN4O2. The summed E-state index contributed by atoms with van der Waals surface area (Å²) in [6, 6.07) is 3.63. The molecule has 2 heterocycles. The molecule has 0 aliphatic heterocycles. The smallest absolute Gasteiger partial charge is 0.314 e. The van der Waals surface area contributed by atoms with Crippen molar-refractivity contribution in [1.29, 1.82) is 0 Å². The number of imidazole rings is 1. The average molecular weight is 279 g/mol. The average Bonchev–Trinajstić information content (AvgIpc) is 2.84. The SMILES string of the molecule is Cc1cc2[nH]c(=O)c(=O)[nH]c2cc1-n1ccnc1.Cl. The van der Waals surface area contributed by atoms with Crippen LogP contribution < -0.4 is 11.1 Å². The molecule has 0 saturated carbocycles. The predicted molar refractivity (Wildman–Crippen MR) is 74.3 cm³/mol. The van der Waals surface area contributed by atoms with E-state index in [1.807, 2.05) is 29.8 Å². The van der Waals surface area contributed by atoms with Gasteiger partial charge in [0.05, 0.1) is 23.0 Å². The van der Waals surface area contributed by atoms with Crippen LogP contribution in [0, 0.1) is 6.92 Å². The van der Waals surface area contributed by atoms with Crippen LogP contribution in [-0.4, -0.2) is 19.5 Å². The van der Waals surface area contributed by atoms with Gasteiger partial charge in [-0.05, 0) is 24.6 Å². The monoisotopic (exact) mass is 278 g/mol. The van der Waals surface area contributed by atoms with Gasteiger partial charge in [0.15, 0.2) is 0 Å². The molecule has 0 fully saturated rings. The van der Waals surface area contributed by atoms with E-state index in [9.17, 15) is 9.59 Å². The molecule has 2 N–H and O–H groups in total. The molecule has 0 unspecified atom stereocenters. The molecule has 0 aliphatic rings. The lowest BCUT2D eigenvalue weighted by molar-refractivity contribution is 1.04.